The number of nitrogens with zero attached hydrogens (tertiary/aromatic N) is 6. The van der Waals surface area contributed by atoms with Crippen molar-refractivity contribution in [3.63, 3.8) is 0 Å². The van der Waals surface area contributed by atoms with E-state index in [4.69, 9.17) is 4.98 Å². The molecule has 0 bridgehead atoms. The average Bonchev–Trinajstić information content (AvgIpc) is 3.66. The van der Waals surface area contributed by atoms with Crippen LogP contribution in [0.1, 0.15) is 42.1 Å². The van der Waals surface area contributed by atoms with E-state index in [2.05, 4.69) is 92.2 Å². The van der Waals surface area contributed by atoms with Crippen molar-refractivity contribution in [1.82, 2.24) is 34.6 Å². The molecular formula is C33H42N9O+. The lowest BCUT2D eigenvalue weighted by Crippen LogP contribution is -2.42. The standard InChI is InChI=1S/C33H41N9O/c1-39(2)18-19-41-17-15-35-30(41)23-42-31-28(20-26(32(42)43)5-4-24-10-13-34-14-11-24)21-36-33(38-31)37-29-8-6-25(7-9-29)27-12-16-40(3)22-27/h6-9,15,17,20-21,24,27,34H,10-14,16,18-19,22-23H2,1-3H3,(H,36,37,38,43)/p+1. The lowest BCUT2D eigenvalue weighted by molar-refractivity contribution is -0.702. The molecule has 0 radical (unpaired) electrons. The van der Waals surface area contributed by atoms with E-state index in [-0.39, 0.29) is 5.56 Å². The zero-order valence-corrected chi connectivity index (χ0v) is 25.4. The molecular weight excluding hydrogens is 538 g/mol. The van der Waals surface area contributed by atoms with Gasteiger partial charge in [-0.25, -0.2) is 14.5 Å². The zero-order valence-electron chi connectivity index (χ0n) is 25.4. The second-order valence-electron chi connectivity index (χ2n) is 12.1. The van der Waals surface area contributed by atoms with E-state index >= 15 is 0 Å². The number of fused-ring (bicyclic) bond motifs is 1. The number of likely N-dealkylation sites (N-methyl/N-ethyl adjacent to an activating group) is 2. The summed E-state index contributed by atoms with van der Waals surface area (Å²) < 4.78 is 3.88. The van der Waals surface area contributed by atoms with Gasteiger partial charge in [0, 0.05) is 36.3 Å². The average molecular weight is 581 g/mol. The maximum atomic E-state index is 13.9. The second kappa shape index (κ2) is 13.1. The van der Waals surface area contributed by atoms with Crippen molar-refractivity contribution in [3.8, 4) is 11.8 Å². The third-order valence-electron chi connectivity index (χ3n) is 8.55. The lowest BCUT2D eigenvalue weighted by atomic mass is 9.98. The van der Waals surface area contributed by atoms with Gasteiger partial charge in [0.05, 0.1) is 5.56 Å². The first kappa shape index (κ1) is 29.1. The van der Waals surface area contributed by atoms with Crippen LogP contribution in [0.25, 0.3) is 11.0 Å². The smallest absolute Gasteiger partial charge is 0.274 e. The van der Waals surface area contributed by atoms with Crippen LogP contribution in [0.4, 0.5) is 11.6 Å². The monoisotopic (exact) mass is 580 g/mol. The quantitative estimate of drug-likeness (QED) is 0.218. The van der Waals surface area contributed by atoms with Crippen LogP contribution in [0.5, 0.6) is 0 Å². The van der Waals surface area contributed by atoms with Gasteiger partial charge in [0.1, 0.15) is 31.1 Å². The number of hydrogen-bond acceptors (Lipinski definition) is 7. The van der Waals surface area contributed by atoms with Crippen LogP contribution in [0.2, 0.25) is 0 Å². The molecule has 1 aromatic carbocycles. The fraction of sp³-hybridized carbons (Fsp3) is 0.455. The molecule has 3 aromatic heterocycles. The molecule has 0 saturated carbocycles. The SMILES string of the molecule is CN(C)CC[n+]1cc[nH]c1Cn1c(=O)c(C#CC2CCNCC2)cc2cnc(Nc3ccc(C4CCN(C)C4)cc3)nc21. The number of aromatic nitrogens is 5. The van der Waals surface area contributed by atoms with E-state index in [0.29, 0.717) is 35.5 Å². The Kier molecular flexibility index (Phi) is 8.84. The number of imidazole rings is 1. The topological polar surface area (TPSA) is 98.0 Å². The summed E-state index contributed by atoms with van der Waals surface area (Å²) in [6.07, 6.45) is 8.90. The zero-order chi connectivity index (χ0) is 29.8. The summed E-state index contributed by atoms with van der Waals surface area (Å²) in [5, 5.41) is 7.52. The van der Waals surface area contributed by atoms with Crippen LogP contribution in [0, 0.1) is 17.8 Å². The largest absolute Gasteiger partial charge is 0.324 e. The highest BCUT2D eigenvalue weighted by Gasteiger charge is 2.21. The minimum Gasteiger partial charge on any atom is -0.324 e. The number of nitrogens with one attached hydrogen (secondary N) is 3. The molecule has 2 saturated heterocycles. The van der Waals surface area contributed by atoms with E-state index in [1.807, 2.05) is 18.5 Å². The van der Waals surface area contributed by atoms with E-state index in [1.165, 1.54) is 12.0 Å². The number of H-pyrrole nitrogens is 1. The van der Waals surface area contributed by atoms with E-state index < -0.39 is 0 Å². The highest BCUT2D eigenvalue weighted by Crippen LogP contribution is 2.27. The molecule has 0 aliphatic carbocycles. The summed E-state index contributed by atoms with van der Waals surface area (Å²) in [5.41, 5.74) is 3.19. The Balaban J connectivity index is 1.33. The van der Waals surface area contributed by atoms with Gasteiger partial charge in [-0.2, -0.15) is 4.98 Å². The molecule has 1 unspecified atom stereocenters. The van der Waals surface area contributed by atoms with Crippen molar-refractivity contribution in [3.05, 3.63) is 76.2 Å². The van der Waals surface area contributed by atoms with Gasteiger partial charge >= 0.3 is 0 Å². The number of benzene rings is 1. The first-order chi connectivity index (χ1) is 20.9. The molecule has 10 nitrogen and oxygen atoms in total. The first-order valence-corrected chi connectivity index (χ1v) is 15.3. The van der Waals surface area contributed by atoms with Gasteiger partial charge in [-0.1, -0.05) is 24.0 Å². The van der Waals surface area contributed by atoms with Crippen LogP contribution >= 0.6 is 0 Å². The molecule has 4 aromatic rings. The maximum Gasteiger partial charge on any atom is 0.274 e. The predicted molar refractivity (Wildman–Crippen MR) is 169 cm³/mol. The number of anilines is 2. The third kappa shape index (κ3) is 6.96. The molecule has 2 fully saturated rings. The lowest BCUT2D eigenvalue weighted by Gasteiger charge is -2.17. The van der Waals surface area contributed by atoms with Crippen molar-refractivity contribution in [2.24, 2.45) is 5.92 Å². The van der Waals surface area contributed by atoms with Gasteiger partial charge in [0.15, 0.2) is 0 Å². The number of piperidine rings is 1. The Morgan fingerprint density at radius 2 is 1.98 bits per heavy atom. The molecule has 0 amide bonds. The number of rotatable bonds is 8. The van der Waals surface area contributed by atoms with Gasteiger partial charge in [-0.15, -0.1) is 0 Å². The van der Waals surface area contributed by atoms with Crippen molar-refractivity contribution >= 4 is 22.7 Å². The normalized spacial score (nSPS) is 17.8. The molecule has 224 valence electrons. The molecule has 10 heteroatoms. The summed E-state index contributed by atoms with van der Waals surface area (Å²) in [4.78, 5) is 31.3. The molecule has 2 aliphatic rings. The van der Waals surface area contributed by atoms with Crippen molar-refractivity contribution < 1.29 is 4.57 Å². The molecule has 3 N–H and O–H groups in total. The van der Waals surface area contributed by atoms with Crippen molar-refractivity contribution in [2.45, 2.75) is 38.3 Å². The minimum atomic E-state index is -0.141. The molecule has 2 aliphatic heterocycles. The van der Waals surface area contributed by atoms with Crippen LogP contribution < -0.4 is 20.8 Å². The number of hydrogen-bond donors (Lipinski definition) is 3. The number of aromatic amines is 1. The summed E-state index contributed by atoms with van der Waals surface area (Å²) in [5.74, 6) is 8.84. The Labute approximate surface area is 253 Å². The van der Waals surface area contributed by atoms with E-state index in [9.17, 15) is 4.79 Å². The van der Waals surface area contributed by atoms with E-state index in [0.717, 1.165) is 69.0 Å². The highest BCUT2D eigenvalue weighted by atomic mass is 16.1. The van der Waals surface area contributed by atoms with Gasteiger partial charge in [0.2, 0.25) is 5.95 Å². The Bertz CT molecular complexity index is 1670. The second-order valence-corrected chi connectivity index (χ2v) is 12.1. The first-order valence-electron chi connectivity index (χ1n) is 15.3. The summed E-state index contributed by atoms with van der Waals surface area (Å²) in [7, 11) is 6.29. The highest BCUT2D eigenvalue weighted by molar-refractivity contribution is 5.77. The third-order valence-corrected chi connectivity index (χ3v) is 8.55. The Morgan fingerprint density at radius 1 is 1.16 bits per heavy atom. The molecule has 5 heterocycles. The number of pyridine rings is 1. The van der Waals surface area contributed by atoms with Crippen molar-refractivity contribution in [1.29, 1.82) is 0 Å². The van der Waals surface area contributed by atoms with Gasteiger partial charge in [-0.05, 0) is 89.7 Å². The van der Waals surface area contributed by atoms with Crippen molar-refractivity contribution in [2.75, 3.05) is 59.2 Å². The van der Waals surface area contributed by atoms with Crippen LogP contribution in [0.3, 0.4) is 0 Å². The summed E-state index contributed by atoms with van der Waals surface area (Å²) >= 11 is 0. The molecule has 1 atom stereocenters. The van der Waals surface area contributed by atoms with Crippen LogP contribution in [-0.4, -0.2) is 83.2 Å². The van der Waals surface area contributed by atoms with E-state index in [1.54, 1.807) is 10.8 Å². The molecule has 0 spiro atoms. The van der Waals surface area contributed by atoms with Crippen LogP contribution in [-0.2, 0) is 13.1 Å². The predicted octanol–water partition coefficient (Wildman–Crippen LogP) is 2.53. The summed E-state index contributed by atoms with van der Waals surface area (Å²) in [6, 6.07) is 10.4. The van der Waals surface area contributed by atoms with Gasteiger partial charge in [0.25, 0.3) is 11.4 Å². The Morgan fingerprint density at radius 3 is 2.72 bits per heavy atom. The fourth-order valence-electron chi connectivity index (χ4n) is 5.98. The minimum absolute atomic E-state index is 0.141. The number of likely N-dealkylation sites (tertiary alicyclic amines) is 1. The summed E-state index contributed by atoms with van der Waals surface area (Å²) in [6.45, 7) is 6.21. The molecule has 43 heavy (non-hydrogen) atoms. The molecule has 6 rings (SSSR count). The van der Waals surface area contributed by atoms with Gasteiger partial charge in [-0.3, -0.25) is 9.36 Å². The Hall–Kier alpha value is -4.04. The van der Waals surface area contributed by atoms with Crippen LogP contribution in [0.15, 0.2) is 53.7 Å². The van der Waals surface area contributed by atoms with Gasteiger partial charge < -0.3 is 20.4 Å². The fourth-order valence-corrected chi connectivity index (χ4v) is 5.98. The maximum absolute atomic E-state index is 13.9.